The Kier molecular flexibility index (Phi) is 6.18. The summed E-state index contributed by atoms with van der Waals surface area (Å²) in [6.07, 6.45) is 1.65. The third-order valence-electron chi connectivity index (χ3n) is 3.74. The standard InChI is InChI=1S/C22H17BrN2O2/c23-18-13-11-17(12-14-18)21(26)25-20(15-16-7-3-1-4-8-16)22(27)24-19-9-5-2-6-10-19/h1-15H,(H,24,27)(H,25,26). The minimum absolute atomic E-state index is 0.165. The van der Waals surface area contributed by atoms with Gasteiger partial charge in [0.2, 0.25) is 0 Å². The van der Waals surface area contributed by atoms with E-state index in [2.05, 4.69) is 26.6 Å². The summed E-state index contributed by atoms with van der Waals surface area (Å²) in [6, 6.07) is 25.4. The highest BCUT2D eigenvalue weighted by atomic mass is 79.9. The second-order valence-electron chi connectivity index (χ2n) is 5.75. The number of para-hydroxylation sites is 1. The van der Waals surface area contributed by atoms with Gasteiger partial charge in [-0.3, -0.25) is 9.59 Å². The molecule has 0 atom stereocenters. The average Bonchev–Trinajstić information content (AvgIpc) is 2.69. The fourth-order valence-corrected chi connectivity index (χ4v) is 2.65. The summed E-state index contributed by atoms with van der Waals surface area (Å²) in [6.45, 7) is 0. The van der Waals surface area contributed by atoms with Gasteiger partial charge in [0.05, 0.1) is 0 Å². The monoisotopic (exact) mass is 420 g/mol. The average molecular weight is 421 g/mol. The molecule has 0 aliphatic rings. The zero-order valence-corrected chi connectivity index (χ0v) is 15.9. The molecule has 0 aliphatic carbocycles. The summed E-state index contributed by atoms with van der Waals surface area (Å²) >= 11 is 3.34. The summed E-state index contributed by atoms with van der Waals surface area (Å²) in [5.74, 6) is -0.747. The molecule has 0 radical (unpaired) electrons. The maximum atomic E-state index is 12.7. The first-order valence-corrected chi connectivity index (χ1v) is 9.11. The summed E-state index contributed by atoms with van der Waals surface area (Å²) < 4.78 is 0.876. The molecular weight excluding hydrogens is 404 g/mol. The van der Waals surface area contributed by atoms with Gasteiger partial charge in [0.1, 0.15) is 5.70 Å². The molecule has 3 rings (SSSR count). The van der Waals surface area contributed by atoms with Crippen LogP contribution in [0.1, 0.15) is 15.9 Å². The number of hydrogen-bond donors (Lipinski definition) is 2. The molecule has 0 bridgehead atoms. The van der Waals surface area contributed by atoms with Gasteiger partial charge in [-0.05, 0) is 48.0 Å². The van der Waals surface area contributed by atoms with Crippen LogP contribution in [0.2, 0.25) is 0 Å². The van der Waals surface area contributed by atoms with Crippen molar-refractivity contribution in [3.63, 3.8) is 0 Å². The molecule has 4 nitrogen and oxygen atoms in total. The Hall–Kier alpha value is -3.18. The van der Waals surface area contributed by atoms with Crippen LogP contribution in [-0.2, 0) is 4.79 Å². The van der Waals surface area contributed by atoms with Gasteiger partial charge in [-0.1, -0.05) is 64.5 Å². The predicted octanol–water partition coefficient (Wildman–Crippen LogP) is 4.86. The summed E-state index contributed by atoms with van der Waals surface area (Å²) in [7, 11) is 0. The number of carbonyl (C=O) groups is 2. The van der Waals surface area contributed by atoms with Crippen LogP contribution in [0.4, 0.5) is 5.69 Å². The summed E-state index contributed by atoms with van der Waals surface area (Å²) in [5.41, 5.74) is 2.09. The van der Waals surface area contributed by atoms with E-state index in [0.29, 0.717) is 11.3 Å². The molecule has 0 heterocycles. The molecule has 0 fully saturated rings. The quantitative estimate of drug-likeness (QED) is 0.579. The number of nitrogens with one attached hydrogen (secondary N) is 2. The minimum atomic E-state index is -0.393. The molecule has 0 spiro atoms. The number of hydrogen-bond acceptors (Lipinski definition) is 2. The van der Waals surface area contributed by atoms with Gasteiger partial charge in [-0.2, -0.15) is 0 Å². The molecule has 0 aliphatic heterocycles. The zero-order valence-electron chi connectivity index (χ0n) is 14.4. The first kappa shape index (κ1) is 18.6. The van der Waals surface area contributed by atoms with E-state index in [1.165, 1.54) is 0 Å². The van der Waals surface area contributed by atoms with Crippen LogP contribution in [0.5, 0.6) is 0 Å². The molecule has 0 unspecified atom stereocenters. The van der Waals surface area contributed by atoms with Crippen molar-refractivity contribution in [2.24, 2.45) is 0 Å². The van der Waals surface area contributed by atoms with Crippen molar-refractivity contribution in [2.45, 2.75) is 0 Å². The molecular formula is C22H17BrN2O2. The minimum Gasteiger partial charge on any atom is -0.321 e. The van der Waals surface area contributed by atoms with E-state index >= 15 is 0 Å². The van der Waals surface area contributed by atoms with Gasteiger partial charge in [0, 0.05) is 15.7 Å². The highest BCUT2D eigenvalue weighted by Crippen LogP contribution is 2.13. The van der Waals surface area contributed by atoms with Crippen molar-refractivity contribution in [2.75, 3.05) is 5.32 Å². The first-order valence-electron chi connectivity index (χ1n) is 8.32. The number of carbonyl (C=O) groups excluding carboxylic acids is 2. The van der Waals surface area contributed by atoms with E-state index in [0.717, 1.165) is 10.0 Å². The zero-order chi connectivity index (χ0) is 19.1. The Morgan fingerprint density at radius 1 is 0.778 bits per heavy atom. The van der Waals surface area contributed by atoms with Crippen LogP contribution in [0.25, 0.3) is 6.08 Å². The van der Waals surface area contributed by atoms with Crippen LogP contribution in [0.15, 0.2) is 95.1 Å². The van der Waals surface area contributed by atoms with E-state index in [9.17, 15) is 9.59 Å². The molecule has 0 aromatic heterocycles. The summed E-state index contributed by atoms with van der Waals surface area (Å²) in [5, 5.41) is 5.51. The van der Waals surface area contributed by atoms with Crippen molar-refractivity contribution >= 4 is 39.5 Å². The normalized spacial score (nSPS) is 10.9. The molecule has 5 heteroatoms. The Balaban J connectivity index is 1.85. The highest BCUT2D eigenvalue weighted by molar-refractivity contribution is 9.10. The lowest BCUT2D eigenvalue weighted by molar-refractivity contribution is -0.113. The smallest absolute Gasteiger partial charge is 0.272 e. The molecule has 3 aromatic carbocycles. The van der Waals surface area contributed by atoms with E-state index in [-0.39, 0.29) is 11.6 Å². The highest BCUT2D eigenvalue weighted by Gasteiger charge is 2.15. The van der Waals surface area contributed by atoms with Gasteiger partial charge in [-0.25, -0.2) is 0 Å². The van der Waals surface area contributed by atoms with Crippen LogP contribution in [-0.4, -0.2) is 11.8 Å². The number of halogens is 1. The van der Waals surface area contributed by atoms with Crippen molar-refractivity contribution in [3.8, 4) is 0 Å². The maximum Gasteiger partial charge on any atom is 0.272 e. The van der Waals surface area contributed by atoms with Crippen LogP contribution >= 0.6 is 15.9 Å². The lowest BCUT2D eigenvalue weighted by Gasteiger charge is -2.11. The molecule has 27 heavy (non-hydrogen) atoms. The van der Waals surface area contributed by atoms with E-state index in [1.807, 2.05) is 48.5 Å². The predicted molar refractivity (Wildman–Crippen MR) is 111 cm³/mol. The Morgan fingerprint density at radius 2 is 1.37 bits per heavy atom. The Labute approximate surface area is 166 Å². The van der Waals surface area contributed by atoms with Gasteiger partial charge in [-0.15, -0.1) is 0 Å². The molecule has 2 amide bonds. The molecule has 0 saturated carbocycles. The third-order valence-corrected chi connectivity index (χ3v) is 4.27. The Bertz CT molecular complexity index is 953. The Morgan fingerprint density at radius 3 is 2.00 bits per heavy atom. The number of rotatable bonds is 5. The fourth-order valence-electron chi connectivity index (χ4n) is 2.39. The van der Waals surface area contributed by atoms with Gasteiger partial charge in [0.25, 0.3) is 11.8 Å². The lowest BCUT2D eigenvalue weighted by atomic mass is 10.1. The van der Waals surface area contributed by atoms with Crippen molar-refractivity contribution in [1.29, 1.82) is 0 Å². The molecule has 0 saturated heterocycles. The van der Waals surface area contributed by atoms with Crippen molar-refractivity contribution in [1.82, 2.24) is 5.32 Å². The van der Waals surface area contributed by atoms with Crippen molar-refractivity contribution in [3.05, 3.63) is 106 Å². The third kappa shape index (κ3) is 5.39. The van der Waals surface area contributed by atoms with E-state index in [4.69, 9.17) is 0 Å². The van der Waals surface area contributed by atoms with Crippen molar-refractivity contribution < 1.29 is 9.59 Å². The van der Waals surface area contributed by atoms with Gasteiger partial charge < -0.3 is 10.6 Å². The molecule has 3 aromatic rings. The number of anilines is 1. The van der Waals surface area contributed by atoms with Gasteiger partial charge >= 0.3 is 0 Å². The summed E-state index contributed by atoms with van der Waals surface area (Å²) in [4.78, 5) is 25.3. The lowest BCUT2D eigenvalue weighted by Crippen LogP contribution is -2.30. The second-order valence-corrected chi connectivity index (χ2v) is 6.67. The number of amides is 2. The van der Waals surface area contributed by atoms with Gasteiger partial charge in [0.15, 0.2) is 0 Å². The molecule has 2 N–H and O–H groups in total. The van der Waals surface area contributed by atoms with Crippen LogP contribution in [0.3, 0.4) is 0 Å². The SMILES string of the molecule is O=C(Nc1ccccc1)C(=Cc1ccccc1)NC(=O)c1ccc(Br)cc1. The van der Waals surface area contributed by atoms with Crippen LogP contribution in [0, 0.1) is 0 Å². The molecule has 134 valence electrons. The van der Waals surface area contributed by atoms with Crippen LogP contribution < -0.4 is 10.6 Å². The first-order chi connectivity index (χ1) is 13.1. The van der Waals surface area contributed by atoms with E-state index in [1.54, 1.807) is 42.5 Å². The fraction of sp³-hybridized carbons (Fsp3) is 0. The largest absolute Gasteiger partial charge is 0.321 e. The van der Waals surface area contributed by atoms with E-state index < -0.39 is 5.91 Å². The topological polar surface area (TPSA) is 58.2 Å². The maximum absolute atomic E-state index is 12.7. The number of benzene rings is 3. The second kappa shape index (κ2) is 8.96.